The molecule has 1 amide bonds. The second-order valence-corrected chi connectivity index (χ2v) is 3.52. The first-order valence-electron chi connectivity index (χ1n) is 4.16. The third-order valence-electron chi connectivity index (χ3n) is 2.17. The van der Waals surface area contributed by atoms with E-state index < -0.39 is 0 Å². The lowest BCUT2D eigenvalue weighted by atomic mass is 9.98. The zero-order valence-electron chi connectivity index (χ0n) is 6.99. The molecular weight excluding hydrogens is 182 g/mol. The first-order valence-corrected chi connectivity index (χ1v) is 4.57. The molecular formula is C10H9NOS. The normalized spacial score (nSPS) is 21.7. The van der Waals surface area contributed by atoms with Gasteiger partial charge in [-0.15, -0.1) is 0 Å². The van der Waals surface area contributed by atoms with Crippen molar-refractivity contribution in [3.8, 4) is 0 Å². The predicted octanol–water partition coefficient (Wildman–Crippen LogP) is 1.62. The summed E-state index contributed by atoms with van der Waals surface area (Å²) in [6.07, 6.45) is 0.489. The van der Waals surface area contributed by atoms with E-state index in [0.29, 0.717) is 11.4 Å². The summed E-state index contributed by atoms with van der Waals surface area (Å²) in [7, 11) is 0. The summed E-state index contributed by atoms with van der Waals surface area (Å²) in [5, 5.41) is 2.66. The number of amides is 1. The Morgan fingerprint density at radius 2 is 2.00 bits per heavy atom. The fraction of sp³-hybridized carbons (Fsp3) is 0.200. The summed E-state index contributed by atoms with van der Waals surface area (Å²) >= 11 is 5.07. The number of thiocarbonyl (C=S) groups is 1. The molecule has 1 aromatic carbocycles. The van der Waals surface area contributed by atoms with Crippen molar-refractivity contribution in [1.29, 1.82) is 0 Å². The van der Waals surface area contributed by atoms with Crippen LogP contribution < -0.4 is 5.32 Å². The van der Waals surface area contributed by atoms with Crippen molar-refractivity contribution < 1.29 is 4.79 Å². The van der Waals surface area contributed by atoms with Crippen molar-refractivity contribution in [3.63, 3.8) is 0 Å². The number of hydrogen-bond acceptors (Lipinski definition) is 2. The highest BCUT2D eigenvalue weighted by atomic mass is 32.1. The topological polar surface area (TPSA) is 29.1 Å². The van der Waals surface area contributed by atoms with Gasteiger partial charge in [-0.1, -0.05) is 42.5 Å². The van der Waals surface area contributed by atoms with Gasteiger partial charge in [0, 0.05) is 12.3 Å². The fourth-order valence-corrected chi connectivity index (χ4v) is 1.84. The van der Waals surface area contributed by atoms with Crippen LogP contribution in [0.3, 0.4) is 0 Å². The molecule has 1 heterocycles. The molecule has 1 atom stereocenters. The second kappa shape index (κ2) is 3.26. The highest BCUT2D eigenvalue weighted by Crippen LogP contribution is 2.24. The molecule has 1 saturated heterocycles. The van der Waals surface area contributed by atoms with Crippen LogP contribution in [0.15, 0.2) is 30.3 Å². The Labute approximate surface area is 82.0 Å². The van der Waals surface area contributed by atoms with E-state index >= 15 is 0 Å². The second-order valence-electron chi connectivity index (χ2n) is 3.08. The van der Waals surface area contributed by atoms with E-state index in [-0.39, 0.29) is 11.8 Å². The van der Waals surface area contributed by atoms with Crippen molar-refractivity contribution >= 4 is 23.1 Å². The van der Waals surface area contributed by atoms with Crippen LogP contribution in [0, 0.1) is 0 Å². The molecule has 0 radical (unpaired) electrons. The van der Waals surface area contributed by atoms with Gasteiger partial charge < -0.3 is 5.32 Å². The molecule has 1 aromatic rings. The lowest BCUT2D eigenvalue weighted by Crippen LogP contribution is -2.19. The van der Waals surface area contributed by atoms with Crippen LogP contribution in [0.25, 0.3) is 0 Å². The zero-order chi connectivity index (χ0) is 9.26. The Morgan fingerprint density at radius 3 is 2.54 bits per heavy atom. The largest absolute Gasteiger partial charge is 0.320 e. The van der Waals surface area contributed by atoms with E-state index in [9.17, 15) is 4.79 Å². The monoisotopic (exact) mass is 191 g/mol. The van der Waals surface area contributed by atoms with Crippen LogP contribution >= 0.6 is 12.2 Å². The van der Waals surface area contributed by atoms with Crippen molar-refractivity contribution in [2.24, 2.45) is 0 Å². The van der Waals surface area contributed by atoms with Crippen LogP contribution in [0.5, 0.6) is 0 Å². The number of hydrogen-bond donors (Lipinski definition) is 1. The fourth-order valence-electron chi connectivity index (χ4n) is 1.51. The van der Waals surface area contributed by atoms with Gasteiger partial charge in [-0.3, -0.25) is 4.79 Å². The molecule has 0 aliphatic carbocycles. The zero-order valence-corrected chi connectivity index (χ0v) is 7.80. The van der Waals surface area contributed by atoms with Crippen LogP contribution in [0.1, 0.15) is 17.9 Å². The summed E-state index contributed by atoms with van der Waals surface area (Å²) in [6.45, 7) is 0. The van der Waals surface area contributed by atoms with E-state index in [1.54, 1.807) is 0 Å². The Bertz CT molecular complexity index is 347. The molecule has 1 unspecified atom stereocenters. The Balaban J connectivity index is 2.28. The Morgan fingerprint density at radius 1 is 1.31 bits per heavy atom. The van der Waals surface area contributed by atoms with Gasteiger partial charge in [0.15, 0.2) is 0 Å². The van der Waals surface area contributed by atoms with Gasteiger partial charge in [-0.2, -0.15) is 0 Å². The molecule has 1 aliphatic rings. The molecule has 3 heteroatoms. The van der Waals surface area contributed by atoms with Crippen LogP contribution in [-0.2, 0) is 4.79 Å². The SMILES string of the molecule is O=C1CC(c2ccccc2)C(=S)N1. The Kier molecular flexibility index (Phi) is 2.10. The summed E-state index contributed by atoms with van der Waals surface area (Å²) in [6, 6.07) is 9.87. The van der Waals surface area contributed by atoms with Crippen molar-refractivity contribution in [3.05, 3.63) is 35.9 Å². The molecule has 0 spiro atoms. The van der Waals surface area contributed by atoms with Gasteiger partial charge in [0.2, 0.25) is 5.91 Å². The third-order valence-corrected chi connectivity index (χ3v) is 2.56. The average Bonchev–Trinajstić information content (AvgIpc) is 2.47. The van der Waals surface area contributed by atoms with Gasteiger partial charge in [0.05, 0.1) is 4.99 Å². The number of nitrogens with one attached hydrogen (secondary N) is 1. The first kappa shape index (κ1) is 8.38. The minimum Gasteiger partial charge on any atom is -0.320 e. The van der Waals surface area contributed by atoms with Gasteiger partial charge in [0.1, 0.15) is 0 Å². The van der Waals surface area contributed by atoms with Crippen LogP contribution in [0.2, 0.25) is 0 Å². The maximum atomic E-state index is 11.0. The highest BCUT2D eigenvalue weighted by molar-refractivity contribution is 7.80. The molecule has 2 rings (SSSR count). The van der Waals surface area contributed by atoms with E-state index in [4.69, 9.17) is 12.2 Å². The highest BCUT2D eigenvalue weighted by Gasteiger charge is 2.27. The lowest BCUT2D eigenvalue weighted by Gasteiger charge is -2.06. The van der Waals surface area contributed by atoms with Crippen LogP contribution in [-0.4, -0.2) is 10.9 Å². The van der Waals surface area contributed by atoms with Crippen molar-refractivity contribution in [2.75, 3.05) is 0 Å². The molecule has 0 saturated carbocycles. The van der Waals surface area contributed by atoms with Gasteiger partial charge >= 0.3 is 0 Å². The summed E-state index contributed by atoms with van der Waals surface area (Å²) in [4.78, 5) is 11.7. The molecule has 0 aromatic heterocycles. The Hall–Kier alpha value is -1.22. The predicted molar refractivity (Wildman–Crippen MR) is 54.5 cm³/mol. The first-order chi connectivity index (χ1) is 6.27. The quantitative estimate of drug-likeness (QED) is 0.683. The minimum atomic E-state index is 0.0267. The number of rotatable bonds is 1. The van der Waals surface area contributed by atoms with Crippen molar-refractivity contribution in [1.82, 2.24) is 5.32 Å². The van der Waals surface area contributed by atoms with Gasteiger partial charge in [-0.05, 0) is 5.56 Å². The van der Waals surface area contributed by atoms with Gasteiger partial charge in [-0.25, -0.2) is 0 Å². The maximum Gasteiger partial charge on any atom is 0.225 e. The molecule has 1 fully saturated rings. The number of carbonyl (C=O) groups excluding carboxylic acids is 1. The molecule has 66 valence electrons. The van der Waals surface area contributed by atoms with E-state index in [1.165, 1.54) is 0 Å². The molecule has 2 nitrogen and oxygen atoms in total. The number of benzene rings is 1. The van der Waals surface area contributed by atoms with E-state index in [1.807, 2.05) is 30.3 Å². The molecule has 1 N–H and O–H groups in total. The average molecular weight is 191 g/mol. The van der Waals surface area contributed by atoms with E-state index in [2.05, 4.69) is 5.32 Å². The van der Waals surface area contributed by atoms with Crippen LogP contribution in [0.4, 0.5) is 0 Å². The standard InChI is InChI=1S/C10H9NOS/c12-9-6-8(10(13)11-9)7-4-2-1-3-5-7/h1-5,8H,6H2,(H,11,12,13). The third kappa shape index (κ3) is 1.60. The molecule has 1 aliphatic heterocycles. The summed E-state index contributed by atoms with van der Waals surface area (Å²) < 4.78 is 0. The smallest absolute Gasteiger partial charge is 0.225 e. The lowest BCUT2D eigenvalue weighted by molar-refractivity contribution is -0.118. The number of carbonyl (C=O) groups is 1. The van der Waals surface area contributed by atoms with E-state index in [0.717, 1.165) is 5.56 Å². The summed E-state index contributed by atoms with van der Waals surface area (Å²) in [5.74, 6) is 0.113. The molecule has 13 heavy (non-hydrogen) atoms. The minimum absolute atomic E-state index is 0.0267. The summed E-state index contributed by atoms with van der Waals surface area (Å²) in [5.41, 5.74) is 1.12. The van der Waals surface area contributed by atoms with Crippen molar-refractivity contribution in [2.45, 2.75) is 12.3 Å². The maximum absolute atomic E-state index is 11.0. The van der Waals surface area contributed by atoms with Gasteiger partial charge in [0.25, 0.3) is 0 Å². The molecule has 0 bridgehead atoms.